The lowest BCUT2D eigenvalue weighted by Gasteiger charge is -2.12. The average Bonchev–Trinajstić information content (AvgIpc) is 2.42. The first-order valence-corrected chi connectivity index (χ1v) is 6.69. The molecular formula is C13H6BrClF3N3. The Bertz CT molecular complexity index is 726. The summed E-state index contributed by atoms with van der Waals surface area (Å²) in [5, 5.41) is 12.0. The molecule has 0 aliphatic rings. The molecule has 0 amide bonds. The number of nitrogens with zero attached hydrogens (tertiary/aromatic N) is 2. The second-order valence-corrected chi connectivity index (χ2v) is 5.24. The zero-order valence-electron chi connectivity index (χ0n) is 10.2. The van der Waals surface area contributed by atoms with Gasteiger partial charge in [0.05, 0.1) is 11.3 Å². The van der Waals surface area contributed by atoms with Crippen molar-refractivity contribution < 1.29 is 13.2 Å². The van der Waals surface area contributed by atoms with E-state index in [4.69, 9.17) is 16.9 Å². The SMILES string of the molecule is N#Cc1ccc(C(F)(F)F)nc1Nc1cc(Cl)ccc1Br. The van der Waals surface area contributed by atoms with Crippen LogP contribution < -0.4 is 5.32 Å². The van der Waals surface area contributed by atoms with Crippen LogP contribution in [0.4, 0.5) is 24.7 Å². The number of anilines is 2. The second kappa shape index (κ2) is 5.92. The number of halogens is 5. The van der Waals surface area contributed by atoms with Gasteiger partial charge in [0.2, 0.25) is 0 Å². The molecule has 3 nitrogen and oxygen atoms in total. The van der Waals surface area contributed by atoms with E-state index in [9.17, 15) is 13.2 Å². The molecule has 2 rings (SSSR count). The fourth-order valence-electron chi connectivity index (χ4n) is 1.52. The van der Waals surface area contributed by atoms with E-state index >= 15 is 0 Å². The molecule has 0 saturated carbocycles. The van der Waals surface area contributed by atoms with Crippen LogP contribution in [0, 0.1) is 11.3 Å². The molecule has 21 heavy (non-hydrogen) atoms. The summed E-state index contributed by atoms with van der Waals surface area (Å²) in [5.74, 6) is -0.185. The van der Waals surface area contributed by atoms with Gasteiger partial charge in [0.25, 0.3) is 0 Å². The van der Waals surface area contributed by atoms with E-state index in [1.807, 2.05) is 0 Å². The summed E-state index contributed by atoms with van der Waals surface area (Å²) >= 11 is 9.07. The first-order chi connectivity index (χ1) is 9.81. The van der Waals surface area contributed by atoms with E-state index in [0.29, 0.717) is 15.2 Å². The number of nitrogens with one attached hydrogen (secondary N) is 1. The lowest BCUT2D eigenvalue weighted by molar-refractivity contribution is -0.141. The zero-order valence-corrected chi connectivity index (χ0v) is 12.5. The lowest BCUT2D eigenvalue weighted by Crippen LogP contribution is -2.10. The van der Waals surface area contributed by atoms with Crippen LogP contribution in [0.15, 0.2) is 34.8 Å². The maximum Gasteiger partial charge on any atom is 0.433 e. The van der Waals surface area contributed by atoms with Crippen LogP contribution in [0.5, 0.6) is 0 Å². The molecule has 0 fully saturated rings. The number of rotatable bonds is 2. The third kappa shape index (κ3) is 3.65. The highest BCUT2D eigenvalue weighted by Crippen LogP contribution is 2.32. The molecule has 1 heterocycles. The number of aromatic nitrogens is 1. The van der Waals surface area contributed by atoms with Crippen LogP contribution in [-0.4, -0.2) is 4.98 Å². The summed E-state index contributed by atoms with van der Waals surface area (Å²) in [6, 6.07) is 8.37. The number of alkyl halides is 3. The lowest BCUT2D eigenvalue weighted by atomic mass is 10.2. The molecule has 0 atom stereocenters. The van der Waals surface area contributed by atoms with Gasteiger partial charge in [-0.05, 0) is 46.3 Å². The van der Waals surface area contributed by atoms with Gasteiger partial charge in [0, 0.05) is 9.50 Å². The molecule has 0 saturated heterocycles. The molecule has 1 aromatic carbocycles. The van der Waals surface area contributed by atoms with Crippen molar-refractivity contribution in [2.45, 2.75) is 6.18 Å². The minimum atomic E-state index is -4.59. The summed E-state index contributed by atoms with van der Waals surface area (Å²) < 4.78 is 38.6. The van der Waals surface area contributed by atoms with E-state index in [1.165, 1.54) is 6.07 Å². The largest absolute Gasteiger partial charge is 0.433 e. The van der Waals surface area contributed by atoms with Gasteiger partial charge in [0.15, 0.2) is 0 Å². The van der Waals surface area contributed by atoms with Crippen LogP contribution >= 0.6 is 27.5 Å². The minimum Gasteiger partial charge on any atom is -0.338 e. The third-order valence-corrected chi connectivity index (χ3v) is 3.41. The van der Waals surface area contributed by atoms with Crippen molar-refractivity contribution in [3.8, 4) is 6.07 Å². The molecule has 108 valence electrons. The van der Waals surface area contributed by atoms with Crippen molar-refractivity contribution in [3.63, 3.8) is 0 Å². The standard InChI is InChI=1S/C13H6BrClF3N3/c14-9-3-2-8(15)5-10(9)20-12-7(6-19)1-4-11(21-12)13(16,17)18/h1-5H,(H,20,21). The van der Waals surface area contributed by atoms with Gasteiger partial charge < -0.3 is 5.32 Å². The van der Waals surface area contributed by atoms with Crippen molar-refractivity contribution in [2.24, 2.45) is 0 Å². The van der Waals surface area contributed by atoms with E-state index in [1.54, 1.807) is 18.2 Å². The topological polar surface area (TPSA) is 48.7 Å². The van der Waals surface area contributed by atoms with Gasteiger partial charge in [-0.25, -0.2) is 4.98 Å². The molecular weight excluding hydrogens is 371 g/mol. The van der Waals surface area contributed by atoms with Crippen molar-refractivity contribution in [2.75, 3.05) is 5.32 Å². The molecule has 0 aliphatic heterocycles. The van der Waals surface area contributed by atoms with Crippen LogP contribution in [0.1, 0.15) is 11.3 Å². The number of pyridine rings is 1. The van der Waals surface area contributed by atoms with E-state index in [0.717, 1.165) is 12.1 Å². The highest BCUT2D eigenvalue weighted by Gasteiger charge is 2.33. The molecule has 1 N–H and O–H groups in total. The summed E-state index contributed by atoms with van der Waals surface area (Å²) in [6.45, 7) is 0. The second-order valence-electron chi connectivity index (χ2n) is 3.95. The molecule has 0 spiro atoms. The Hall–Kier alpha value is -1.78. The predicted molar refractivity (Wildman–Crippen MR) is 76.4 cm³/mol. The number of hydrogen-bond donors (Lipinski definition) is 1. The molecule has 1 aromatic heterocycles. The van der Waals surface area contributed by atoms with Crippen molar-refractivity contribution in [1.29, 1.82) is 5.26 Å². The van der Waals surface area contributed by atoms with Crippen molar-refractivity contribution in [1.82, 2.24) is 4.98 Å². The van der Waals surface area contributed by atoms with Crippen molar-refractivity contribution in [3.05, 3.63) is 51.1 Å². The number of benzene rings is 1. The quantitative estimate of drug-likeness (QED) is 0.790. The predicted octanol–water partition coefficient (Wildman–Crippen LogP) is 5.13. The Kier molecular flexibility index (Phi) is 4.40. The molecule has 0 bridgehead atoms. The first kappa shape index (κ1) is 15.6. The number of nitriles is 1. The molecule has 2 aromatic rings. The fraction of sp³-hybridized carbons (Fsp3) is 0.0769. The Morgan fingerprint density at radius 1 is 1.24 bits per heavy atom. The molecule has 0 radical (unpaired) electrons. The first-order valence-electron chi connectivity index (χ1n) is 5.51. The summed E-state index contributed by atoms with van der Waals surface area (Å²) in [6.07, 6.45) is -4.59. The smallest absolute Gasteiger partial charge is 0.338 e. The Morgan fingerprint density at radius 2 is 1.95 bits per heavy atom. The summed E-state index contributed by atoms with van der Waals surface area (Å²) in [4.78, 5) is 3.46. The van der Waals surface area contributed by atoms with Gasteiger partial charge in [-0.2, -0.15) is 18.4 Å². The maximum atomic E-state index is 12.7. The average molecular weight is 377 g/mol. The molecule has 0 aliphatic carbocycles. The van der Waals surface area contributed by atoms with Crippen molar-refractivity contribution >= 4 is 39.0 Å². The minimum absolute atomic E-state index is 0.00474. The highest BCUT2D eigenvalue weighted by atomic mass is 79.9. The van der Waals surface area contributed by atoms with E-state index in [-0.39, 0.29) is 11.4 Å². The Balaban J connectivity index is 2.47. The van der Waals surface area contributed by atoms with Gasteiger partial charge in [0.1, 0.15) is 17.6 Å². The summed E-state index contributed by atoms with van der Waals surface area (Å²) in [5.41, 5.74) is -0.678. The Labute approximate surface area is 131 Å². The molecule has 8 heteroatoms. The van der Waals surface area contributed by atoms with Gasteiger partial charge >= 0.3 is 6.18 Å². The fourth-order valence-corrected chi connectivity index (χ4v) is 2.04. The van der Waals surface area contributed by atoms with E-state index in [2.05, 4.69) is 26.2 Å². The monoisotopic (exact) mass is 375 g/mol. The third-order valence-electron chi connectivity index (χ3n) is 2.49. The Morgan fingerprint density at radius 3 is 2.57 bits per heavy atom. The maximum absolute atomic E-state index is 12.7. The normalized spacial score (nSPS) is 11.0. The van der Waals surface area contributed by atoms with Crippen LogP contribution in [0.3, 0.4) is 0 Å². The van der Waals surface area contributed by atoms with Crippen LogP contribution in [0.25, 0.3) is 0 Å². The van der Waals surface area contributed by atoms with Crippen LogP contribution in [0.2, 0.25) is 5.02 Å². The van der Waals surface area contributed by atoms with Gasteiger partial charge in [-0.15, -0.1) is 0 Å². The highest BCUT2D eigenvalue weighted by molar-refractivity contribution is 9.10. The van der Waals surface area contributed by atoms with E-state index < -0.39 is 11.9 Å². The van der Waals surface area contributed by atoms with Gasteiger partial charge in [-0.3, -0.25) is 0 Å². The number of hydrogen-bond acceptors (Lipinski definition) is 3. The zero-order chi connectivity index (χ0) is 15.6. The summed E-state index contributed by atoms with van der Waals surface area (Å²) in [7, 11) is 0. The molecule has 0 unspecified atom stereocenters. The van der Waals surface area contributed by atoms with Crippen LogP contribution in [-0.2, 0) is 6.18 Å². The van der Waals surface area contributed by atoms with Gasteiger partial charge in [-0.1, -0.05) is 11.6 Å².